The van der Waals surface area contributed by atoms with Crippen LogP contribution in [0.2, 0.25) is 0 Å². The average molecular weight is 149 g/mol. The second kappa shape index (κ2) is 2.06. The molecule has 0 saturated heterocycles. The maximum atomic E-state index is 8.50. The Morgan fingerprint density at radius 1 is 1.73 bits per heavy atom. The minimum absolute atomic E-state index is 0.106. The number of aryl methyl sites for hydroxylation is 1. The van der Waals surface area contributed by atoms with Crippen LogP contribution in [0.25, 0.3) is 0 Å². The molecular formula is C7H7N3O. The molecule has 0 amide bonds. The van der Waals surface area contributed by atoms with Crippen LogP contribution in [0.3, 0.4) is 0 Å². The first kappa shape index (κ1) is 6.35. The third-order valence-corrected chi connectivity index (χ3v) is 1.82. The highest BCUT2D eigenvalue weighted by Gasteiger charge is 2.42. The van der Waals surface area contributed by atoms with Gasteiger partial charge in [-0.1, -0.05) is 5.16 Å². The van der Waals surface area contributed by atoms with Crippen LogP contribution in [0.5, 0.6) is 0 Å². The molecular weight excluding hydrogens is 142 g/mol. The van der Waals surface area contributed by atoms with Gasteiger partial charge >= 0.3 is 0 Å². The van der Waals surface area contributed by atoms with Crippen molar-refractivity contribution in [1.82, 2.24) is 10.1 Å². The molecule has 11 heavy (non-hydrogen) atoms. The van der Waals surface area contributed by atoms with Crippen LogP contribution >= 0.6 is 0 Å². The molecule has 1 aromatic rings. The Hall–Kier alpha value is -1.37. The summed E-state index contributed by atoms with van der Waals surface area (Å²) in [5.74, 6) is 1.58. The van der Waals surface area contributed by atoms with Crippen LogP contribution in [-0.4, -0.2) is 10.1 Å². The Bertz CT molecular complexity index is 312. The largest absolute Gasteiger partial charge is 0.339 e. The molecule has 0 bridgehead atoms. The zero-order valence-electron chi connectivity index (χ0n) is 6.11. The number of nitrogens with zero attached hydrogens (tertiary/aromatic N) is 3. The van der Waals surface area contributed by atoms with Crippen molar-refractivity contribution in [2.24, 2.45) is 5.92 Å². The lowest BCUT2D eigenvalue weighted by molar-refractivity contribution is 0.374. The molecule has 1 saturated carbocycles. The summed E-state index contributed by atoms with van der Waals surface area (Å²) in [6.45, 7) is 1.77. The van der Waals surface area contributed by atoms with E-state index in [2.05, 4.69) is 16.2 Å². The van der Waals surface area contributed by atoms with E-state index in [-0.39, 0.29) is 11.8 Å². The highest BCUT2D eigenvalue weighted by molar-refractivity contribution is 5.15. The van der Waals surface area contributed by atoms with Crippen molar-refractivity contribution in [3.05, 3.63) is 11.7 Å². The molecule has 0 N–H and O–H groups in total. The van der Waals surface area contributed by atoms with Gasteiger partial charge in [0.25, 0.3) is 0 Å². The topological polar surface area (TPSA) is 62.7 Å². The van der Waals surface area contributed by atoms with Gasteiger partial charge in [0.05, 0.1) is 17.9 Å². The fraction of sp³-hybridized carbons (Fsp3) is 0.571. The predicted molar refractivity (Wildman–Crippen MR) is 35.5 cm³/mol. The molecule has 56 valence electrons. The second-order valence-electron chi connectivity index (χ2n) is 2.76. The Kier molecular flexibility index (Phi) is 1.19. The molecule has 1 aliphatic carbocycles. The quantitative estimate of drug-likeness (QED) is 0.597. The Morgan fingerprint density at radius 3 is 3.00 bits per heavy atom. The molecule has 0 aliphatic heterocycles. The highest BCUT2D eigenvalue weighted by atomic mass is 16.5. The van der Waals surface area contributed by atoms with Gasteiger partial charge in [-0.05, 0) is 13.3 Å². The third-order valence-electron chi connectivity index (χ3n) is 1.82. The first-order valence-corrected chi connectivity index (χ1v) is 3.51. The fourth-order valence-electron chi connectivity index (χ4n) is 1.07. The number of aromatic nitrogens is 2. The number of rotatable bonds is 1. The van der Waals surface area contributed by atoms with E-state index in [0.29, 0.717) is 11.7 Å². The standard InChI is InChI=1S/C7H7N3O/c1-4-9-7(11-10-4)6-2-5(6)3-8/h5-6H,2H2,1H3. The normalized spacial score (nSPS) is 28.0. The summed E-state index contributed by atoms with van der Waals surface area (Å²) in [5, 5.41) is 12.2. The van der Waals surface area contributed by atoms with E-state index in [1.165, 1.54) is 0 Å². The van der Waals surface area contributed by atoms with E-state index in [4.69, 9.17) is 9.78 Å². The van der Waals surface area contributed by atoms with Crippen molar-refractivity contribution in [2.45, 2.75) is 19.3 Å². The molecule has 0 radical (unpaired) electrons. The summed E-state index contributed by atoms with van der Waals surface area (Å²) in [6.07, 6.45) is 0.873. The summed E-state index contributed by atoms with van der Waals surface area (Å²) in [6, 6.07) is 2.17. The van der Waals surface area contributed by atoms with Crippen LogP contribution in [0, 0.1) is 24.2 Å². The lowest BCUT2D eigenvalue weighted by Gasteiger charge is -1.80. The molecule has 1 aliphatic rings. The summed E-state index contributed by atoms with van der Waals surface area (Å²) >= 11 is 0. The van der Waals surface area contributed by atoms with Gasteiger partial charge in [-0.25, -0.2) is 0 Å². The van der Waals surface area contributed by atoms with Crippen LogP contribution < -0.4 is 0 Å². The smallest absolute Gasteiger partial charge is 0.231 e. The van der Waals surface area contributed by atoms with E-state index in [1.807, 2.05) is 0 Å². The van der Waals surface area contributed by atoms with Gasteiger partial charge in [-0.15, -0.1) is 0 Å². The van der Waals surface area contributed by atoms with Crippen LogP contribution in [0.15, 0.2) is 4.52 Å². The molecule has 4 nitrogen and oxygen atoms in total. The van der Waals surface area contributed by atoms with Gasteiger partial charge in [0, 0.05) is 0 Å². The molecule has 4 heteroatoms. The molecule has 1 aromatic heterocycles. The predicted octanol–water partition coefficient (Wildman–Crippen LogP) is 1.01. The van der Waals surface area contributed by atoms with Crippen LogP contribution in [0.4, 0.5) is 0 Å². The fourth-order valence-corrected chi connectivity index (χ4v) is 1.07. The number of hydrogen-bond donors (Lipinski definition) is 0. The highest BCUT2D eigenvalue weighted by Crippen LogP contribution is 2.45. The Balaban J connectivity index is 2.16. The monoisotopic (exact) mass is 149 g/mol. The zero-order valence-corrected chi connectivity index (χ0v) is 6.11. The van der Waals surface area contributed by atoms with E-state index >= 15 is 0 Å². The van der Waals surface area contributed by atoms with Crippen molar-refractivity contribution in [3.63, 3.8) is 0 Å². The summed E-state index contributed by atoms with van der Waals surface area (Å²) in [7, 11) is 0. The van der Waals surface area contributed by atoms with E-state index in [9.17, 15) is 0 Å². The Morgan fingerprint density at radius 2 is 2.55 bits per heavy atom. The van der Waals surface area contributed by atoms with Gasteiger partial charge in [0.2, 0.25) is 5.89 Å². The lowest BCUT2D eigenvalue weighted by Crippen LogP contribution is -1.81. The Labute approximate surface area is 63.8 Å². The second-order valence-corrected chi connectivity index (χ2v) is 2.76. The minimum atomic E-state index is 0.106. The van der Waals surface area contributed by atoms with Gasteiger partial charge < -0.3 is 4.52 Å². The van der Waals surface area contributed by atoms with Crippen LogP contribution in [0.1, 0.15) is 24.1 Å². The first-order chi connectivity index (χ1) is 5.31. The average Bonchev–Trinajstić information content (AvgIpc) is 2.68. The van der Waals surface area contributed by atoms with Crippen molar-refractivity contribution in [1.29, 1.82) is 5.26 Å². The molecule has 2 rings (SSSR count). The number of hydrogen-bond acceptors (Lipinski definition) is 4. The van der Waals surface area contributed by atoms with Gasteiger partial charge in [0.15, 0.2) is 5.82 Å². The summed E-state index contributed by atoms with van der Waals surface area (Å²) < 4.78 is 4.91. The maximum absolute atomic E-state index is 8.50. The molecule has 2 atom stereocenters. The van der Waals surface area contributed by atoms with Crippen LogP contribution in [-0.2, 0) is 0 Å². The SMILES string of the molecule is Cc1noc(C2CC2C#N)n1. The molecule has 1 fully saturated rings. The molecule has 0 aromatic carbocycles. The van der Waals surface area contributed by atoms with Crippen molar-refractivity contribution in [3.8, 4) is 6.07 Å². The zero-order chi connectivity index (χ0) is 7.84. The minimum Gasteiger partial charge on any atom is -0.339 e. The van der Waals surface area contributed by atoms with Crippen molar-refractivity contribution in [2.75, 3.05) is 0 Å². The van der Waals surface area contributed by atoms with E-state index in [1.54, 1.807) is 6.92 Å². The van der Waals surface area contributed by atoms with Gasteiger partial charge in [-0.2, -0.15) is 10.2 Å². The summed E-state index contributed by atoms with van der Waals surface area (Å²) in [4.78, 5) is 4.04. The van der Waals surface area contributed by atoms with Crippen molar-refractivity contribution >= 4 is 0 Å². The molecule has 2 unspecified atom stereocenters. The maximum Gasteiger partial charge on any atom is 0.231 e. The van der Waals surface area contributed by atoms with Gasteiger partial charge in [-0.3, -0.25) is 0 Å². The van der Waals surface area contributed by atoms with E-state index < -0.39 is 0 Å². The van der Waals surface area contributed by atoms with E-state index in [0.717, 1.165) is 6.42 Å². The summed E-state index contributed by atoms with van der Waals surface area (Å²) in [5.41, 5.74) is 0. The van der Waals surface area contributed by atoms with Gasteiger partial charge in [0.1, 0.15) is 0 Å². The first-order valence-electron chi connectivity index (χ1n) is 3.51. The number of nitriles is 1. The molecule has 0 spiro atoms. The lowest BCUT2D eigenvalue weighted by atomic mass is 10.3. The molecule has 1 heterocycles. The third kappa shape index (κ3) is 0.984. The van der Waals surface area contributed by atoms with Crippen molar-refractivity contribution < 1.29 is 4.52 Å².